The van der Waals surface area contributed by atoms with E-state index in [1.54, 1.807) is 0 Å². The normalized spacial score (nSPS) is 12.4. The fraction of sp³-hybridized carbons (Fsp3) is 0.200. The number of rotatable bonds is 4. The molecule has 1 nitrogen and oxygen atoms in total. The van der Waals surface area contributed by atoms with E-state index in [1.165, 1.54) is 0 Å². The second kappa shape index (κ2) is 6.37. The number of hydrogen-bond acceptors (Lipinski definition) is 1. The van der Waals surface area contributed by atoms with Gasteiger partial charge in [0.1, 0.15) is 0 Å². The fourth-order valence-electron chi connectivity index (χ4n) is 1.93. The van der Waals surface area contributed by atoms with Crippen molar-refractivity contribution in [3.05, 3.63) is 69.2 Å². The molecule has 2 aromatic carbocycles. The van der Waals surface area contributed by atoms with Gasteiger partial charge in [0.25, 0.3) is 0 Å². The Balaban J connectivity index is 2.01. The molecule has 0 saturated carbocycles. The molecular weight excluding hydrogens is 312 g/mol. The van der Waals surface area contributed by atoms with E-state index in [4.69, 9.17) is 11.6 Å². The molecule has 3 heteroatoms. The van der Waals surface area contributed by atoms with Crippen LogP contribution in [0.15, 0.2) is 53.0 Å². The van der Waals surface area contributed by atoms with Gasteiger partial charge >= 0.3 is 0 Å². The molecule has 94 valence electrons. The summed E-state index contributed by atoms with van der Waals surface area (Å²) in [4.78, 5) is 0. The monoisotopic (exact) mass is 324 g/mol. The quantitative estimate of drug-likeness (QED) is 0.891. The Bertz CT molecular complexity index is 527. The number of hydrogen-bond donors (Lipinski definition) is 1. The molecule has 0 aromatic heterocycles. The Morgan fingerprint density at radius 3 is 2.56 bits per heavy atom. The van der Waals surface area contributed by atoms with E-state index in [0.717, 1.165) is 15.6 Å². The minimum atomic E-state index is -0.417. The molecule has 1 unspecified atom stereocenters. The van der Waals surface area contributed by atoms with Crippen LogP contribution in [0.5, 0.6) is 0 Å². The zero-order valence-electron chi connectivity index (χ0n) is 9.81. The highest BCUT2D eigenvalue weighted by molar-refractivity contribution is 9.10. The largest absolute Gasteiger partial charge is 0.392 e. The standard InChI is InChI=1S/C15H14BrClO/c16-13-6-3-4-11(8-13)9-14(18)10-12-5-1-2-7-15(12)17/h1-8,14,18H,9-10H2. The van der Waals surface area contributed by atoms with E-state index in [-0.39, 0.29) is 0 Å². The van der Waals surface area contributed by atoms with E-state index in [0.29, 0.717) is 17.9 Å². The van der Waals surface area contributed by atoms with Crippen LogP contribution in [0.1, 0.15) is 11.1 Å². The first kappa shape index (κ1) is 13.6. The lowest BCUT2D eigenvalue weighted by atomic mass is 10.0. The summed E-state index contributed by atoms with van der Waals surface area (Å²) in [5.41, 5.74) is 2.10. The molecule has 0 aliphatic carbocycles. The molecule has 0 amide bonds. The van der Waals surface area contributed by atoms with Crippen LogP contribution in [0.25, 0.3) is 0 Å². The Morgan fingerprint density at radius 1 is 1.06 bits per heavy atom. The SMILES string of the molecule is OC(Cc1cccc(Br)c1)Cc1ccccc1Cl. The highest BCUT2D eigenvalue weighted by Gasteiger charge is 2.09. The molecule has 0 aliphatic heterocycles. The molecule has 0 bridgehead atoms. The van der Waals surface area contributed by atoms with Gasteiger partial charge in [-0.05, 0) is 35.7 Å². The maximum absolute atomic E-state index is 10.1. The highest BCUT2D eigenvalue weighted by atomic mass is 79.9. The molecule has 2 aromatic rings. The minimum Gasteiger partial charge on any atom is -0.392 e. The van der Waals surface area contributed by atoms with Crippen LogP contribution in [0.3, 0.4) is 0 Å². The molecular formula is C15H14BrClO. The van der Waals surface area contributed by atoms with Crippen molar-refractivity contribution in [3.8, 4) is 0 Å². The number of halogens is 2. The Hall–Kier alpha value is -0.830. The van der Waals surface area contributed by atoms with Gasteiger partial charge < -0.3 is 5.11 Å². The summed E-state index contributed by atoms with van der Waals surface area (Å²) in [5.74, 6) is 0. The number of aliphatic hydroxyl groups is 1. The lowest BCUT2D eigenvalue weighted by molar-refractivity contribution is 0.175. The van der Waals surface area contributed by atoms with Gasteiger partial charge in [-0.25, -0.2) is 0 Å². The summed E-state index contributed by atoms with van der Waals surface area (Å²) < 4.78 is 1.03. The van der Waals surface area contributed by atoms with Gasteiger partial charge in [-0.15, -0.1) is 0 Å². The molecule has 0 heterocycles. The van der Waals surface area contributed by atoms with Gasteiger partial charge in [0.05, 0.1) is 6.10 Å². The Morgan fingerprint density at radius 2 is 1.83 bits per heavy atom. The maximum atomic E-state index is 10.1. The van der Waals surface area contributed by atoms with Crippen LogP contribution in [0.2, 0.25) is 5.02 Å². The molecule has 0 saturated heterocycles. The van der Waals surface area contributed by atoms with Gasteiger partial charge in [-0.2, -0.15) is 0 Å². The summed E-state index contributed by atoms with van der Waals surface area (Å²) in [5, 5.41) is 10.8. The van der Waals surface area contributed by atoms with Crippen molar-refractivity contribution in [3.63, 3.8) is 0 Å². The van der Waals surface area contributed by atoms with Crippen LogP contribution < -0.4 is 0 Å². The number of aliphatic hydroxyl groups excluding tert-OH is 1. The van der Waals surface area contributed by atoms with Crippen LogP contribution in [-0.2, 0) is 12.8 Å². The van der Waals surface area contributed by atoms with Crippen molar-refractivity contribution in [2.75, 3.05) is 0 Å². The third kappa shape index (κ3) is 3.84. The zero-order chi connectivity index (χ0) is 13.0. The third-order valence-corrected chi connectivity index (χ3v) is 3.64. The lowest BCUT2D eigenvalue weighted by Gasteiger charge is -2.12. The summed E-state index contributed by atoms with van der Waals surface area (Å²) in [7, 11) is 0. The average molecular weight is 326 g/mol. The van der Waals surface area contributed by atoms with E-state index < -0.39 is 6.10 Å². The highest BCUT2D eigenvalue weighted by Crippen LogP contribution is 2.19. The second-order valence-corrected chi connectivity index (χ2v) is 5.61. The molecule has 0 fully saturated rings. The van der Waals surface area contributed by atoms with Gasteiger partial charge in [-0.3, -0.25) is 0 Å². The van der Waals surface area contributed by atoms with Crippen molar-refractivity contribution in [2.45, 2.75) is 18.9 Å². The molecule has 0 radical (unpaired) electrons. The maximum Gasteiger partial charge on any atom is 0.0621 e. The molecule has 1 N–H and O–H groups in total. The predicted molar refractivity (Wildman–Crippen MR) is 79.0 cm³/mol. The average Bonchev–Trinajstić information content (AvgIpc) is 2.32. The summed E-state index contributed by atoms with van der Waals surface area (Å²) in [6, 6.07) is 15.6. The van der Waals surface area contributed by atoms with Gasteiger partial charge in [0.15, 0.2) is 0 Å². The van der Waals surface area contributed by atoms with E-state index in [9.17, 15) is 5.11 Å². The summed E-state index contributed by atoms with van der Waals surface area (Å²) in [6.07, 6.45) is 0.788. The van der Waals surface area contributed by atoms with Crippen molar-refractivity contribution < 1.29 is 5.11 Å². The predicted octanol–water partition coefficient (Wildman–Crippen LogP) is 4.25. The first-order valence-electron chi connectivity index (χ1n) is 5.81. The van der Waals surface area contributed by atoms with Gasteiger partial charge in [-0.1, -0.05) is 57.9 Å². The lowest BCUT2D eigenvalue weighted by Crippen LogP contribution is -2.14. The molecule has 1 atom stereocenters. The first-order chi connectivity index (χ1) is 8.65. The third-order valence-electron chi connectivity index (χ3n) is 2.77. The van der Waals surface area contributed by atoms with Crippen molar-refractivity contribution in [2.24, 2.45) is 0 Å². The minimum absolute atomic E-state index is 0.417. The smallest absolute Gasteiger partial charge is 0.0621 e. The van der Waals surface area contributed by atoms with Crippen LogP contribution in [0.4, 0.5) is 0 Å². The topological polar surface area (TPSA) is 20.2 Å². The summed E-state index contributed by atoms with van der Waals surface area (Å²) >= 11 is 9.51. The van der Waals surface area contributed by atoms with Crippen molar-refractivity contribution in [1.29, 1.82) is 0 Å². The first-order valence-corrected chi connectivity index (χ1v) is 6.98. The number of benzene rings is 2. The van der Waals surface area contributed by atoms with Crippen LogP contribution >= 0.6 is 27.5 Å². The van der Waals surface area contributed by atoms with Gasteiger partial charge in [0, 0.05) is 15.9 Å². The Kier molecular flexibility index (Phi) is 4.81. The van der Waals surface area contributed by atoms with Crippen molar-refractivity contribution in [1.82, 2.24) is 0 Å². The van der Waals surface area contributed by atoms with E-state index >= 15 is 0 Å². The fourth-order valence-corrected chi connectivity index (χ4v) is 2.59. The van der Waals surface area contributed by atoms with Crippen LogP contribution in [0, 0.1) is 0 Å². The van der Waals surface area contributed by atoms with Crippen molar-refractivity contribution >= 4 is 27.5 Å². The van der Waals surface area contributed by atoms with E-state index in [1.807, 2.05) is 48.5 Å². The molecule has 0 aliphatic rings. The molecule has 18 heavy (non-hydrogen) atoms. The van der Waals surface area contributed by atoms with E-state index in [2.05, 4.69) is 15.9 Å². The zero-order valence-corrected chi connectivity index (χ0v) is 12.2. The van der Waals surface area contributed by atoms with Crippen LogP contribution in [-0.4, -0.2) is 11.2 Å². The molecule has 2 rings (SSSR count). The molecule has 0 spiro atoms. The Labute approximate surface area is 121 Å². The summed E-state index contributed by atoms with van der Waals surface area (Å²) in [6.45, 7) is 0. The van der Waals surface area contributed by atoms with Gasteiger partial charge in [0.2, 0.25) is 0 Å². The second-order valence-electron chi connectivity index (χ2n) is 4.28.